The maximum atomic E-state index is 13.3. The molecule has 11 nitrogen and oxygen atoms in total. The van der Waals surface area contributed by atoms with Crippen molar-refractivity contribution < 1.29 is 35.9 Å². The third kappa shape index (κ3) is 5.79. The standard InChI is InChI=1S/C20H19F3N6O5S/c1-10(17-27-11(2)28-29(17)16-9-24-15(8-25-16)19(31)34-3)26-18(30)12-5-13(20(21,22)23)7-14(6-12)35(4,32)33/h5-10H,1-4H3,(H,26,30)/t10-/m0/s1. The highest BCUT2D eigenvalue weighted by Gasteiger charge is 2.33. The topological polar surface area (TPSA) is 146 Å². The van der Waals surface area contributed by atoms with Crippen LogP contribution < -0.4 is 5.32 Å². The molecule has 15 heteroatoms. The molecule has 0 spiro atoms. The molecule has 186 valence electrons. The van der Waals surface area contributed by atoms with Gasteiger partial charge in [-0.2, -0.15) is 17.9 Å². The predicted octanol–water partition coefficient (Wildman–Crippen LogP) is 2.07. The van der Waals surface area contributed by atoms with E-state index in [2.05, 4.69) is 30.1 Å². The van der Waals surface area contributed by atoms with Crippen LogP contribution in [0.2, 0.25) is 0 Å². The number of methoxy groups -OCH3 is 1. The van der Waals surface area contributed by atoms with Crippen LogP contribution in [0, 0.1) is 6.92 Å². The van der Waals surface area contributed by atoms with Crippen LogP contribution >= 0.6 is 0 Å². The number of nitrogens with one attached hydrogen (secondary N) is 1. The third-order valence-electron chi connectivity index (χ3n) is 4.65. The lowest BCUT2D eigenvalue weighted by Crippen LogP contribution is -2.29. The third-order valence-corrected chi connectivity index (χ3v) is 5.74. The Morgan fingerprint density at radius 3 is 2.37 bits per heavy atom. The number of nitrogens with zero attached hydrogens (tertiary/aromatic N) is 5. The van der Waals surface area contributed by atoms with Crippen LogP contribution in [0.3, 0.4) is 0 Å². The number of rotatable bonds is 6. The first-order valence-corrected chi connectivity index (χ1v) is 11.7. The highest BCUT2D eigenvalue weighted by Crippen LogP contribution is 2.32. The number of ether oxygens (including phenoxy) is 1. The van der Waals surface area contributed by atoms with Gasteiger partial charge in [0.1, 0.15) is 5.82 Å². The summed E-state index contributed by atoms with van der Waals surface area (Å²) in [6.07, 6.45) is -1.75. The zero-order valence-corrected chi connectivity index (χ0v) is 19.6. The highest BCUT2D eigenvalue weighted by atomic mass is 32.2. The summed E-state index contributed by atoms with van der Waals surface area (Å²) in [7, 11) is -2.84. The molecule has 2 heterocycles. The molecular formula is C20H19F3N6O5S. The SMILES string of the molecule is COC(=O)c1cnc(-n2nc(C)nc2[C@H](C)NC(=O)c2cc(C(F)(F)F)cc(S(C)(=O)=O)c2)cn1. The molecule has 3 aromatic rings. The lowest BCUT2D eigenvalue weighted by atomic mass is 10.1. The van der Waals surface area contributed by atoms with Crippen molar-refractivity contribution in [1.82, 2.24) is 30.0 Å². The van der Waals surface area contributed by atoms with Gasteiger partial charge in [0.25, 0.3) is 5.91 Å². The van der Waals surface area contributed by atoms with Crippen LogP contribution in [0.1, 0.15) is 51.0 Å². The molecule has 1 atom stereocenters. The van der Waals surface area contributed by atoms with Gasteiger partial charge in [-0.1, -0.05) is 0 Å². The van der Waals surface area contributed by atoms with Crippen molar-refractivity contribution in [1.29, 1.82) is 0 Å². The molecule has 0 bridgehead atoms. The second-order valence-electron chi connectivity index (χ2n) is 7.39. The van der Waals surface area contributed by atoms with E-state index in [1.54, 1.807) is 6.92 Å². The van der Waals surface area contributed by atoms with Gasteiger partial charge >= 0.3 is 12.1 Å². The minimum atomic E-state index is -4.87. The fourth-order valence-electron chi connectivity index (χ4n) is 2.97. The molecule has 1 N–H and O–H groups in total. The second kappa shape index (κ2) is 9.40. The van der Waals surface area contributed by atoms with Crippen molar-refractivity contribution in [3.63, 3.8) is 0 Å². The number of esters is 1. The number of alkyl halides is 3. The fraction of sp³-hybridized carbons (Fsp3) is 0.300. The average Bonchev–Trinajstić information content (AvgIpc) is 3.19. The van der Waals surface area contributed by atoms with Gasteiger partial charge in [-0.15, -0.1) is 5.10 Å². The molecule has 0 aliphatic carbocycles. The Hall–Kier alpha value is -3.88. The zero-order valence-electron chi connectivity index (χ0n) is 18.8. The molecule has 0 unspecified atom stereocenters. The molecule has 0 aliphatic rings. The Kier molecular flexibility index (Phi) is 6.91. The lowest BCUT2D eigenvalue weighted by molar-refractivity contribution is -0.137. The summed E-state index contributed by atoms with van der Waals surface area (Å²) in [6, 6.07) is 0.984. The first-order chi connectivity index (χ1) is 16.2. The number of amides is 1. The first-order valence-electron chi connectivity index (χ1n) is 9.78. The Morgan fingerprint density at radius 2 is 1.83 bits per heavy atom. The van der Waals surface area contributed by atoms with Crippen LogP contribution in [0.5, 0.6) is 0 Å². The normalized spacial score (nSPS) is 12.8. The Labute approximate surface area is 197 Å². The van der Waals surface area contributed by atoms with Crippen molar-refractivity contribution in [2.45, 2.75) is 31.0 Å². The van der Waals surface area contributed by atoms with Crippen LogP contribution in [-0.2, 0) is 20.8 Å². The van der Waals surface area contributed by atoms with Crippen LogP contribution in [-0.4, -0.2) is 58.4 Å². The van der Waals surface area contributed by atoms with E-state index >= 15 is 0 Å². The zero-order chi connectivity index (χ0) is 26.1. The monoisotopic (exact) mass is 512 g/mol. The Bertz CT molecular complexity index is 1390. The number of hydrogen-bond donors (Lipinski definition) is 1. The summed E-state index contributed by atoms with van der Waals surface area (Å²) in [5, 5.41) is 6.66. The Morgan fingerprint density at radius 1 is 1.14 bits per heavy atom. The lowest BCUT2D eigenvalue weighted by Gasteiger charge is -2.16. The molecule has 0 fully saturated rings. The summed E-state index contributed by atoms with van der Waals surface area (Å²) >= 11 is 0. The van der Waals surface area contributed by atoms with E-state index in [1.165, 1.54) is 24.9 Å². The van der Waals surface area contributed by atoms with E-state index in [0.717, 1.165) is 18.5 Å². The largest absolute Gasteiger partial charge is 0.464 e. The smallest absolute Gasteiger partial charge is 0.416 e. The van der Waals surface area contributed by atoms with Gasteiger partial charge in [0.15, 0.2) is 27.2 Å². The van der Waals surface area contributed by atoms with Gasteiger partial charge in [0, 0.05) is 11.8 Å². The number of benzene rings is 1. The molecule has 0 saturated heterocycles. The van der Waals surface area contributed by atoms with Crippen molar-refractivity contribution >= 4 is 21.7 Å². The number of aryl methyl sites for hydroxylation is 1. The molecule has 0 saturated carbocycles. The number of sulfone groups is 1. The van der Waals surface area contributed by atoms with Crippen LogP contribution in [0.25, 0.3) is 5.82 Å². The molecule has 3 rings (SSSR count). The maximum Gasteiger partial charge on any atom is 0.416 e. The van der Waals surface area contributed by atoms with Crippen molar-refractivity contribution in [3.05, 3.63) is 59.1 Å². The summed E-state index contributed by atoms with van der Waals surface area (Å²) in [5.41, 5.74) is -1.84. The molecule has 1 aromatic carbocycles. The molecule has 0 radical (unpaired) electrons. The highest BCUT2D eigenvalue weighted by molar-refractivity contribution is 7.90. The number of hydrogen-bond acceptors (Lipinski definition) is 9. The second-order valence-corrected chi connectivity index (χ2v) is 9.41. The summed E-state index contributed by atoms with van der Waals surface area (Å²) in [6.45, 7) is 3.06. The predicted molar refractivity (Wildman–Crippen MR) is 113 cm³/mol. The molecule has 1 amide bonds. The van der Waals surface area contributed by atoms with Crippen molar-refractivity contribution in [2.75, 3.05) is 13.4 Å². The molecule has 0 aliphatic heterocycles. The van der Waals surface area contributed by atoms with E-state index in [0.29, 0.717) is 18.0 Å². The van der Waals surface area contributed by atoms with Gasteiger partial charge in [0.2, 0.25) is 0 Å². The van der Waals surface area contributed by atoms with Crippen molar-refractivity contribution in [2.24, 2.45) is 0 Å². The maximum absolute atomic E-state index is 13.3. The van der Waals surface area contributed by atoms with E-state index < -0.39 is 50.0 Å². The number of carbonyl (C=O) groups is 2. The van der Waals surface area contributed by atoms with Gasteiger partial charge in [-0.3, -0.25) is 4.79 Å². The van der Waals surface area contributed by atoms with E-state index in [9.17, 15) is 31.2 Å². The number of aromatic nitrogens is 5. The number of halogens is 3. The van der Waals surface area contributed by atoms with E-state index in [1.807, 2.05) is 0 Å². The molecule has 35 heavy (non-hydrogen) atoms. The summed E-state index contributed by atoms with van der Waals surface area (Å²) in [5.74, 6) is -1.07. The summed E-state index contributed by atoms with van der Waals surface area (Å²) in [4.78, 5) is 35.9. The minimum Gasteiger partial charge on any atom is -0.464 e. The van der Waals surface area contributed by atoms with E-state index in [-0.39, 0.29) is 17.3 Å². The Balaban J connectivity index is 1.93. The quantitative estimate of drug-likeness (QED) is 0.490. The van der Waals surface area contributed by atoms with Gasteiger partial charge in [-0.05, 0) is 32.0 Å². The van der Waals surface area contributed by atoms with Gasteiger partial charge in [0.05, 0.1) is 36.0 Å². The van der Waals surface area contributed by atoms with Crippen molar-refractivity contribution in [3.8, 4) is 5.82 Å². The average molecular weight is 512 g/mol. The van der Waals surface area contributed by atoms with Gasteiger partial charge in [-0.25, -0.2) is 28.2 Å². The number of carbonyl (C=O) groups excluding carboxylic acids is 2. The van der Waals surface area contributed by atoms with Crippen LogP contribution in [0.15, 0.2) is 35.5 Å². The summed E-state index contributed by atoms with van der Waals surface area (Å²) < 4.78 is 69.4. The minimum absolute atomic E-state index is 0.0535. The van der Waals surface area contributed by atoms with Crippen LogP contribution in [0.4, 0.5) is 13.2 Å². The fourth-order valence-corrected chi connectivity index (χ4v) is 3.66. The van der Waals surface area contributed by atoms with E-state index in [4.69, 9.17) is 0 Å². The first kappa shape index (κ1) is 25.7. The van der Waals surface area contributed by atoms with Gasteiger partial charge < -0.3 is 10.1 Å². The molecule has 2 aromatic heterocycles. The molecular weight excluding hydrogens is 493 g/mol.